The summed E-state index contributed by atoms with van der Waals surface area (Å²) in [5.74, 6) is -0.349. The van der Waals surface area contributed by atoms with Crippen LogP contribution in [0, 0.1) is 5.82 Å². The molecule has 0 aliphatic rings. The molecule has 0 saturated heterocycles. The maximum absolute atomic E-state index is 13.4. The molecule has 0 N–H and O–H groups in total. The van der Waals surface area contributed by atoms with Crippen molar-refractivity contribution in [2.24, 2.45) is 0 Å². The summed E-state index contributed by atoms with van der Waals surface area (Å²) in [6.45, 7) is 3.02. The van der Waals surface area contributed by atoms with Crippen molar-refractivity contribution in [3.05, 3.63) is 56.7 Å². The van der Waals surface area contributed by atoms with Gasteiger partial charge in [-0.3, -0.25) is 4.79 Å². The summed E-state index contributed by atoms with van der Waals surface area (Å²) < 4.78 is 15.1. The van der Waals surface area contributed by atoms with Gasteiger partial charge in [-0.2, -0.15) is 5.10 Å². The Morgan fingerprint density at radius 2 is 2.20 bits per heavy atom. The van der Waals surface area contributed by atoms with Crippen molar-refractivity contribution < 1.29 is 4.39 Å². The minimum absolute atomic E-state index is 0.209. The third-order valence-corrected chi connectivity index (χ3v) is 4.01. The second-order valence-corrected chi connectivity index (χ2v) is 5.23. The highest BCUT2D eigenvalue weighted by atomic mass is 79.9. The fraction of sp³-hybridized carbons (Fsp3) is 0.286. The third-order valence-electron chi connectivity index (χ3n) is 3.12. The first-order valence-corrected chi connectivity index (χ1v) is 7.03. The summed E-state index contributed by atoms with van der Waals surface area (Å²) >= 11 is 3.18. The van der Waals surface area contributed by atoms with Crippen molar-refractivity contribution in [1.82, 2.24) is 9.78 Å². The van der Waals surface area contributed by atoms with E-state index in [1.54, 1.807) is 18.3 Å². The number of halogens is 2. The van der Waals surface area contributed by atoms with Gasteiger partial charge in [0.15, 0.2) is 0 Å². The summed E-state index contributed by atoms with van der Waals surface area (Å²) in [6, 6.07) is 6.26. The number of nitrogens with zero attached hydrogens (tertiary/aromatic N) is 3. The minimum Gasteiger partial charge on any atom is -0.373 e. The second kappa shape index (κ2) is 6.17. The van der Waals surface area contributed by atoms with Gasteiger partial charge >= 0.3 is 0 Å². The molecule has 0 fully saturated rings. The van der Waals surface area contributed by atoms with Crippen LogP contribution in [0.3, 0.4) is 0 Å². The van der Waals surface area contributed by atoms with Crippen molar-refractivity contribution in [2.75, 3.05) is 18.5 Å². The Morgan fingerprint density at radius 1 is 1.45 bits per heavy atom. The molecule has 20 heavy (non-hydrogen) atoms. The summed E-state index contributed by atoms with van der Waals surface area (Å²) in [7, 11) is 1.89. The lowest BCUT2D eigenvalue weighted by Gasteiger charge is -2.16. The van der Waals surface area contributed by atoms with Crippen LogP contribution in [-0.2, 0) is 6.54 Å². The number of rotatable bonds is 4. The predicted molar refractivity (Wildman–Crippen MR) is 80.6 cm³/mol. The molecule has 106 valence electrons. The van der Waals surface area contributed by atoms with Crippen LogP contribution in [-0.4, -0.2) is 23.4 Å². The largest absolute Gasteiger partial charge is 0.373 e. The van der Waals surface area contributed by atoms with Crippen LogP contribution in [0.2, 0.25) is 0 Å². The topological polar surface area (TPSA) is 38.1 Å². The van der Waals surface area contributed by atoms with Crippen LogP contribution in [0.5, 0.6) is 0 Å². The lowest BCUT2D eigenvalue weighted by atomic mass is 10.2. The fourth-order valence-electron chi connectivity index (χ4n) is 1.77. The average molecular weight is 340 g/mol. The fourth-order valence-corrected chi connectivity index (χ4v) is 2.16. The van der Waals surface area contributed by atoms with E-state index < -0.39 is 0 Å². The molecular weight excluding hydrogens is 325 g/mol. The molecule has 1 aromatic carbocycles. The molecule has 0 amide bonds. The number of hydrogen-bond acceptors (Lipinski definition) is 3. The van der Waals surface area contributed by atoms with Crippen LogP contribution in [0.15, 0.2) is 39.7 Å². The van der Waals surface area contributed by atoms with E-state index in [0.29, 0.717) is 10.0 Å². The average Bonchev–Trinajstić information content (AvgIpc) is 2.45. The molecule has 2 aromatic rings. The van der Waals surface area contributed by atoms with Crippen LogP contribution < -0.4 is 10.5 Å². The SMILES string of the molecule is CCN(C)c1cnn(Cc2cccc(F)c2Br)c(=O)c1. The van der Waals surface area contributed by atoms with E-state index in [1.165, 1.54) is 16.8 Å². The molecule has 0 spiro atoms. The van der Waals surface area contributed by atoms with Crippen LogP contribution >= 0.6 is 15.9 Å². The van der Waals surface area contributed by atoms with Crippen molar-refractivity contribution in [3.63, 3.8) is 0 Å². The lowest BCUT2D eigenvalue weighted by molar-refractivity contribution is 0.602. The second-order valence-electron chi connectivity index (χ2n) is 4.44. The Morgan fingerprint density at radius 3 is 2.85 bits per heavy atom. The summed E-state index contributed by atoms with van der Waals surface area (Å²) in [4.78, 5) is 14.0. The number of aromatic nitrogens is 2. The first kappa shape index (κ1) is 14.7. The highest BCUT2D eigenvalue weighted by molar-refractivity contribution is 9.10. The van der Waals surface area contributed by atoms with Crippen molar-refractivity contribution in [1.29, 1.82) is 0 Å². The van der Waals surface area contributed by atoms with Gasteiger partial charge < -0.3 is 4.90 Å². The van der Waals surface area contributed by atoms with Gasteiger partial charge in [-0.05, 0) is 34.5 Å². The predicted octanol–water partition coefficient (Wildman–Crippen LogP) is 2.65. The molecule has 0 atom stereocenters. The highest BCUT2D eigenvalue weighted by Gasteiger charge is 2.08. The smallest absolute Gasteiger partial charge is 0.269 e. The lowest BCUT2D eigenvalue weighted by Crippen LogP contribution is -2.26. The molecule has 2 rings (SSSR count). The van der Waals surface area contributed by atoms with Crippen molar-refractivity contribution in [2.45, 2.75) is 13.5 Å². The third kappa shape index (κ3) is 3.07. The maximum atomic E-state index is 13.4. The monoisotopic (exact) mass is 339 g/mol. The molecular formula is C14H15BrFN3O. The van der Waals surface area contributed by atoms with Gasteiger partial charge in [-0.25, -0.2) is 9.07 Å². The van der Waals surface area contributed by atoms with Gasteiger partial charge in [-0.1, -0.05) is 12.1 Å². The standard InChI is InChI=1S/C14H15BrFN3O/c1-3-18(2)11-7-13(20)19(17-8-11)9-10-5-4-6-12(16)14(10)15/h4-8H,3,9H2,1-2H3. The van der Waals surface area contributed by atoms with Crippen LogP contribution in [0.4, 0.5) is 10.1 Å². The molecule has 0 unspecified atom stereocenters. The molecule has 0 radical (unpaired) electrons. The Bertz CT molecular complexity index is 672. The Balaban J connectivity index is 2.31. The molecule has 0 aliphatic heterocycles. The quantitative estimate of drug-likeness (QED) is 0.859. The van der Waals surface area contributed by atoms with E-state index in [1.807, 2.05) is 18.9 Å². The number of benzene rings is 1. The van der Waals surface area contributed by atoms with Crippen molar-refractivity contribution >= 4 is 21.6 Å². The summed E-state index contributed by atoms with van der Waals surface area (Å²) in [5, 5.41) is 4.13. The molecule has 0 bridgehead atoms. The number of anilines is 1. The van der Waals surface area contributed by atoms with E-state index in [4.69, 9.17) is 0 Å². The van der Waals surface area contributed by atoms with E-state index in [-0.39, 0.29) is 17.9 Å². The first-order valence-electron chi connectivity index (χ1n) is 6.24. The zero-order valence-corrected chi connectivity index (χ0v) is 12.9. The van der Waals surface area contributed by atoms with E-state index in [9.17, 15) is 9.18 Å². The van der Waals surface area contributed by atoms with Gasteiger partial charge in [0.2, 0.25) is 0 Å². The van der Waals surface area contributed by atoms with Crippen molar-refractivity contribution in [3.8, 4) is 0 Å². The zero-order chi connectivity index (χ0) is 14.7. The van der Waals surface area contributed by atoms with Gasteiger partial charge in [-0.15, -0.1) is 0 Å². The van der Waals surface area contributed by atoms with Crippen LogP contribution in [0.1, 0.15) is 12.5 Å². The minimum atomic E-state index is -0.349. The molecule has 1 heterocycles. The molecule has 0 saturated carbocycles. The normalized spacial score (nSPS) is 10.6. The van der Waals surface area contributed by atoms with E-state index >= 15 is 0 Å². The van der Waals surface area contributed by atoms with Gasteiger partial charge in [0.05, 0.1) is 22.9 Å². The van der Waals surface area contributed by atoms with Gasteiger partial charge in [0, 0.05) is 19.7 Å². The van der Waals surface area contributed by atoms with Gasteiger partial charge in [0.1, 0.15) is 5.82 Å². The highest BCUT2D eigenvalue weighted by Crippen LogP contribution is 2.20. The zero-order valence-electron chi connectivity index (χ0n) is 11.3. The summed E-state index contributed by atoms with van der Waals surface area (Å²) in [6.07, 6.45) is 1.64. The van der Waals surface area contributed by atoms with E-state index in [0.717, 1.165) is 12.2 Å². The Hall–Kier alpha value is -1.69. The first-order chi connectivity index (χ1) is 9.52. The number of hydrogen-bond donors (Lipinski definition) is 0. The molecule has 0 aliphatic carbocycles. The Labute approximate surface area is 125 Å². The molecule has 1 aromatic heterocycles. The summed E-state index contributed by atoms with van der Waals surface area (Å²) in [5.41, 5.74) is 1.24. The van der Waals surface area contributed by atoms with Crippen LogP contribution in [0.25, 0.3) is 0 Å². The van der Waals surface area contributed by atoms with E-state index in [2.05, 4.69) is 21.0 Å². The Kier molecular flexibility index (Phi) is 4.54. The molecule has 6 heteroatoms. The maximum Gasteiger partial charge on any atom is 0.269 e. The van der Waals surface area contributed by atoms with Gasteiger partial charge in [0.25, 0.3) is 5.56 Å². The molecule has 4 nitrogen and oxygen atoms in total.